The van der Waals surface area contributed by atoms with E-state index in [0.717, 1.165) is 12.1 Å². The number of nitrogens with two attached hydrogens (primary N) is 1. The third-order valence-electron chi connectivity index (χ3n) is 9.53. The summed E-state index contributed by atoms with van der Waals surface area (Å²) < 4.78 is 0. The summed E-state index contributed by atoms with van der Waals surface area (Å²) in [5.41, 5.74) is 8.54. The topological polar surface area (TPSA) is 41.6 Å². The Bertz CT molecular complexity index is 726. The van der Waals surface area contributed by atoms with Crippen LogP contribution in [0.5, 0.6) is 0 Å². The number of hydrogen-bond donors (Lipinski definition) is 1. The molecule has 1 aromatic carbocycles. The van der Waals surface area contributed by atoms with Gasteiger partial charge in [0.15, 0.2) is 0 Å². The first-order valence-corrected chi connectivity index (χ1v) is 19.7. The molecule has 0 spiro atoms. The van der Waals surface area contributed by atoms with E-state index in [2.05, 4.69) is 48.0 Å². The standard InChI is InChI=1S/C41H77N3/c1-4-6-8-10-12-14-16-18-20-22-24-26-28-30-35-44(38-39-33-32-34-40(37-39)41(42)43-3)36-31-29-27-25-23-21-19-17-15-13-11-9-7-5-2/h32-34,37H,4-31,35-36,38H2,1-3H3,(H2,42,43). The highest BCUT2D eigenvalue weighted by Crippen LogP contribution is 2.16. The largest absolute Gasteiger partial charge is 0.384 e. The van der Waals surface area contributed by atoms with E-state index in [1.165, 1.54) is 198 Å². The number of unbranched alkanes of at least 4 members (excludes halogenated alkanes) is 26. The summed E-state index contributed by atoms with van der Waals surface area (Å²) in [7, 11) is 1.78. The number of nitrogens with zero attached hydrogens (tertiary/aromatic N) is 2. The maximum atomic E-state index is 6.12. The molecule has 1 rings (SSSR count). The maximum Gasteiger partial charge on any atom is 0.125 e. The molecule has 0 atom stereocenters. The molecule has 0 saturated heterocycles. The van der Waals surface area contributed by atoms with Gasteiger partial charge in [0, 0.05) is 19.2 Å². The molecule has 2 N–H and O–H groups in total. The van der Waals surface area contributed by atoms with Crippen LogP contribution in [-0.2, 0) is 6.54 Å². The van der Waals surface area contributed by atoms with Crippen LogP contribution in [0.25, 0.3) is 0 Å². The molecule has 0 aliphatic heterocycles. The van der Waals surface area contributed by atoms with Crippen LogP contribution < -0.4 is 5.73 Å². The number of aliphatic imine (C=N–C) groups is 1. The second kappa shape index (κ2) is 31.6. The van der Waals surface area contributed by atoms with Crippen molar-refractivity contribution in [2.45, 2.75) is 200 Å². The van der Waals surface area contributed by atoms with Gasteiger partial charge < -0.3 is 5.73 Å². The lowest BCUT2D eigenvalue weighted by molar-refractivity contribution is 0.252. The summed E-state index contributed by atoms with van der Waals surface area (Å²) in [6, 6.07) is 8.72. The van der Waals surface area contributed by atoms with Gasteiger partial charge in [-0.2, -0.15) is 0 Å². The first-order chi connectivity index (χ1) is 21.7. The van der Waals surface area contributed by atoms with Crippen LogP contribution in [0.1, 0.15) is 205 Å². The molecule has 256 valence electrons. The van der Waals surface area contributed by atoms with E-state index in [1.54, 1.807) is 7.05 Å². The van der Waals surface area contributed by atoms with E-state index in [-0.39, 0.29) is 0 Å². The Kier molecular flexibility index (Phi) is 29.2. The van der Waals surface area contributed by atoms with Crippen LogP contribution in [0.4, 0.5) is 0 Å². The van der Waals surface area contributed by atoms with Crippen LogP contribution in [0.2, 0.25) is 0 Å². The zero-order valence-corrected chi connectivity index (χ0v) is 30.2. The molecule has 0 unspecified atom stereocenters. The molecule has 0 aliphatic carbocycles. The lowest BCUT2D eigenvalue weighted by Crippen LogP contribution is -2.26. The highest BCUT2D eigenvalue weighted by atomic mass is 15.1. The van der Waals surface area contributed by atoms with Crippen LogP contribution in [0, 0.1) is 0 Å². The molecular weight excluding hydrogens is 534 g/mol. The Morgan fingerprint density at radius 2 is 0.864 bits per heavy atom. The summed E-state index contributed by atoms with van der Waals surface area (Å²) in [5, 5.41) is 0. The van der Waals surface area contributed by atoms with Crippen LogP contribution in [0.15, 0.2) is 29.3 Å². The fraction of sp³-hybridized carbons (Fsp3) is 0.829. The lowest BCUT2D eigenvalue weighted by atomic mass is 10.0. The SMILES string of the molecule is CCCCCCCCCCCCCCCCN(CCCCCCCCCCCCCCCC)Cc1cccc(C(N)=NC)c1. The number of hydrogen-bond acceptors (Lipinski definition) is 2. The van der Waals surface area contributed by atoms with Gasteiger partial charge in [0.05, 0.1) is 0 Å². The van der Waals surface area contributed by atoms with E-state index in [0.29, 0.717) is 5.84 Å². The van der Waals surface area contributed by atoms with Crippen molar-refractivity contribution in [1.29, 1.82) is 0 Å². The van der Waals surface area contributed by atoms with Crippen molar-refractivity contribution in [3.8, 4) is 0 Å². The van der Waals surface area contributed by atoms with Gasteiger partial charge in [-0.05, 0) is 37.6 Å². The van der Waals surface area contributed by atoms with Crippen LogP contribution >= 0.6 is 0 Å². The Balaban J connectivity index is 2.22. The van der Waals surface area contributed by atoms with E-state index >= 15 is 0 Å². The lowest BCUT2D eigenvalue weighted by Gasteiger charge is -2.23. The average molecular weight is 612 g/mol. The third kappa shape index (κ3) is 24.9. The number of benzene rings is 1. The quantitative estimate of drug-likeness (QED) is 0.0488. The summed E-state index contributed by atoms with van der Waals surface area (Å²) in [4.78, 5) is 6.91. The zero-order valence-electron chi connectivity index (χ0n) is 30.2. The van der Waals surface area contributed by atoms with Gasteiger partial charge in [0.1, 0.15) is 5.84 Å². The van der Waals surface area contributed by atoms with Crippen LogP contribution in [-0.4, -0.2) is 30.9 Å². The summed E-state index contributed by atoms with van der Waals surface area (Å²) >= 11 is 0. The average Bonchev–Trinajstić information content (AvgIpc) is 3.04. The molecule has 3 nitrogen and oxygen atoms in total. The Morgan fingerprint density at radius 1 is 0.523 bits per heavy atom. The molecule has 0 heterocycles. The van der Waals surface area contributed by atoms with Gasteiger partial charge in [-0.15, -0.1) is 0 Å². The maximum absolute atomic E-state index is 6.12. The molecule has 0 amide bonds. The summed E-state index contributed by atoms with van der Waals surface area (Å²) in [5.74, 6) is 0.636. The van der Waals surface area contributed by atoms with E-state index in [9.17, 15) is 0 Å². The summed E-state index contributed by atoms with van der Waals surface area (Å²) in [6.45, 7) is 8.08. The smallest absolute Gasteiger partial charge is 0.125 e. The Morgan fingerprint density at radius 3 is 1.20 bits per heavy atom. The van der Waals surface area contributed by atoms with Gasteiger partial charge in [-0.3, -0.25) is 9.89 Å². The van der Waals surface area contributed by atoms with Crippen molar-refractivity contribution >= 4 is 5.84 Å². The molecule has 3 heteroatoms. The second-order valence-corrected chi connectivity index (χ2v) is 13.8. The predicted molar refractivity (Wildman–Crippen MR) is 199 cm³/mol. The second-order valence-electron chi connectivity index (χ2n) is 13.8. The van der Waals surface area contributed by atoms with Crippen molar-refractivity contribution in [3.63, 3.8) is 0 Å². The first-order valence-electron chi connectivity index (χ1n) is 19.7. The van der Waals surface area contributed by atoms with Crippen molar-refractivity contribution in [2.75, 3.05) is 20.1 Å². The third-order valence-corrected chi connectivity index (χ3v) is 9.53. The van der Waals surface area contributed by atoms with Gasteiger partial charge in [-0.25, -0.2) is 0 Å². The van der Waals surface area contributed by atoms with Gasteiger partial charge in [0.2, 0.25) is 0 Å². The monoisotopic (exact) mass is 612 g/mol. The van der Waals surface area contributed by atoms with Gasteiger partial charge in [0.25, 0.3) is 0 Å². The number of rotatable bonds is 33. The molecule has 44 heavy (non-hydrogen) atoms. The molecule has 0 fully saturated rings. The predicted octanol–water partition coefficient (Wildman–Crippen LogP) is 12.8. The van der Waals surface area contributed by atoms with E-state index in [1.807, 2.05) is 0 Å². The minimum atomic E-state index is 0.636. The minimum Gasteiger partial charge on any atom is -0.384 e. The normalized spacial score (nSPS) is 12.0. The zero-order chi connectivity index (χ0) is 31.8. The van der Waals surface area contributed by atoms with Gasteiger partial charge >= 0.3 is 0 Å². The molecule has 0 aliphatic rings. The van der Waals surface area contributed by atoms with Crippen molar-refractivity contribution < 1.29 is 0 Å². The Hall–Kier alpha value is -1.35. The van der Waals surface area contributed by atoms with E-state index in [4.69, 9.17) is 5.73 Å². The molecular formula is C41H77N3. The number of amidine groups is 1. The highest BCUT2D eigenvalue weighted by molar-refractivity contribution is 5.97. The molecule has 1 aromatic rings. The molecule has 0 saturated carbocycles. The molecule has 0 bridgehead atoms. The minimum absolute atomic E-state index is 0.636. The fourth-order valence-electron chi connectivity index (χ4n) is 6.55. The summed E-state index contributed by atoms with van der Waals surface area (Å²) in [6.07, 6.45) is 39.8. The molecule has 0 aromatic heterocycles. The van der Waals surface area contributed by atoms with Crippen molar-refractivity contribution in [3.05, 3.63) is 35.4 Å². The Labute approximate surface area is 276 Å². The van der Waals surface area contributed by atoms with Crippen molar-refractivity contribution in [2.24, 2.45) is 10.7 Å². The van der Waals surface area contributed by atoms with Crippen LogP contribution in [0.3, 0.4) is 0 Å². The fourth-order valence-corrected chi connectivity index (χ4v) is 6.55. The first kappa shape index (κ1) is 40.7. The van der Waals surface area contributed by atoms with Crippen molar-refractivity contribution in [1.82, 2.24) is 4.90 Å². The van der Waals surface area contributed by atoms with Gasteiger partial charge in [-0.1, -0.05) is 199 Å². The van der Waals surface area contributed by atoms with E-state index < -0.39 is 0 Å². The highest BCUT2D eigenvalue weighted by Gasteiger charge is 2.08. The molecule has 0 radical (unpaired) electrons.